The summed E-state index contributed by atoms with van der Waals surface area (Å²) in [6.45, 7) is 0. The van der Waals surface area contributed by atoms with Gasteiger partial charge >= 0.3 is 12.0 Å². The molecule has 2 heterocycles. The average Bonchev–Trinajstić information content (AvgIpc) is 2.79. The fourth-order valence-electron chi connectivity index (χ4n) is 2.56. The first-order chi connectivity index (χ1) is 14.2. The third-order valence-electron chi connectivity index (χ3n) is 3.88. The van der Waals surface area contributed by atoms with E-state index in [0.717, 1.165) is 5.56 Å². The second kappa shape index (κ2) is 9.32. The second-order valence-electron chi connectivity index (χ2n) is 5.64. The molecule has 3 rings (SSSR count). The van der Waals surface area contributed by atoms with Crippen molar-refractivity contribution in [2.24, 2.45) is 0 Å². The van der Waals surface area contributed by atoms with Gasteiger partial charge in [-0.3, -0.25) is 4.98 Å². The maximum absolute atomic E-state index is 12.7. The van der Waals surface area contributed by atoms with Gasteiger partial charge in [-0.2, -0.15) is 9.97 Å². The average molecular weight is 393 g/mol. The van der Waals surface area contributed by atoms with Gasteiger partial charge in [0.1, 0.15) is 0 Å². The molecule has 0 bridgehead atoms. The number of benzene rings is 1. The monoisotopic (exact) mass is 393 g/mol. The number of carbonyl (C=O) groups is 1. The van der Waals surface area contributed by atoms with Gasteiger partial charge in [-0.05, 0) is 11.6 Å². The Hall–Kier alpha value is -3.94. The number of hydrogen-bond acceptors (Lipinski definition) is 8. The quantitative estimate of drug-likeness (QED) is 0.344. The van der Waals surface area contributed by atoms with Crippen molar-refractivity contribution < 1.29 is 23.7 Å². The van der Waals surface area contributed by atoms with Crippen LogP contribution in [0.1, 0.15) is 11.1 Å². The fraction of sp³-hybridized carbons (Fsp3) is 0.143. The van der Waals surface area contributed by atoms with Gasteiger partial charge in [0.2, 0.25) is 17.5 Å². The molecule has 0 amide bonds. The zero-order valence-electron chi connectivity index (χ0n) is 16.2. The van der Waals surface area contributed by atoms with Crippen molar-refractivity contribution in [1.82, 2.24) is 15.0 Å². The summed E-state index contributed by atoms with van der Waals surface area (Å²) < 4.78 is 21.1. The molecule has 1 aromatic carbocycles. The lowest BCUT2D eigenvalue weighted by Crippen LogP contribution is -2.15. The molecule has 0 N–H and O–H groups in total. The van der Waals surface area contributed by atoms with E-state index in [0.29, 0.717) is 11.1 Å². The van der Waals surface area contributed by atoms with E-state index in [1.54, 1.807) is 18.5 Å². The van der Waals surface area contributed by atoms with E-state index < -0.39 is 5.97 Å². The molecule has 0 radical (unpaired) electrons. The maximum Gasteiger partial charge on any atom is 0.374 e. The van der Waals surface area contributed by atoms with Crippen LogP contribution in [0.25, 0.3) is 5.57 Å². The molecule has 0 aliphatic rings. The van der Waals surface area contributed by atoms with Crippen LogP contribution < -0.4 is 14.2 Å². The lowest BCUT2D eigenvalue weighted by molar-refractivity contribution is -0.138. The number of esters is 1. The molecule has 2 aromatic heterocycles. The second-order valence-corrected chi connectivity index (χ2v) is 5.64. The summed E-state index contributed by atoms with van der Waals surface area (Å²) >= 11 is 0. The number of nitrogens with zero attached hydrogens (tertiary/aromatic N) is 3. The highest BCUT2D eigenvalue weighted by Gasteiger charge is 2.24. The Morgan fingerprint density at radius 1 is 0.862 bits per heavy atom. The van der Waals surface area contributed by atoms with Gasteiger partial charge in [-0.1, -0.05) is 36.4 Å². The summed E-state index contributed by atoms with van der Waals surface area (Å²) in [7, 11) is 4.17. The highest BCUT2D eigenvalue weighted by atomic mass is 16.6. The van der Waals surface area contributed by atoms with Crippen molar-refractivity contribution in [3.05, 3.63) is 77.8 Å². The van der Waals surface area contributed by atoms with Gasteiger partial charge in [0.25, 0.3) is 0 Å². The Kier molecular flexibility index (Phi) is 6.36. The normalized spacial score (nSPS) is 11.3. The molecule has 3 aromatic rings. The molecule has 0 fully saturated rings. The van der Waals surface area contributed by atoms with E-state index in [-0.39, 0.29) is 23.5 Å². The van der Waals surface area contributed by atoms with Crippen molar-refractivity contribution in [1.29, 1.82) is 0 Å². The Balaban J connectivity index is 2.21. The molecule has 0 unspecified atom stereocenters. The number of carbonyl (C=O) groups excluding carboxylic acids is 1. The molecular formula is C21H19N3O5. The molecule has 0 spiro atoms. The molecule has 0 aliphatic carbocycles. The van der Waals surface area contributed by atoms with Gasteiger partial charge in [0.05, 0.1) is 27.4 Å². The summed E-state index contributed by atoms with van der Waals surface area (Å²) in [6, 6.07) is 14.2. The summed E-state index contributed by atoms with van der Waals surface area (Å²) in [5.74, 6) is -0.350. The third kappa shape index (κ3) is 4.67. The summed E-state index contributed by atoms with van der Waals surface area (Å²) in [5, 5.41) is 0. The van der Waals surface area contributed by atoms with Crippen LogP contribution in [-0.2, 0) is 9.53 Å². The Bertz CT molecular complexity index is 944. The largest absolute Gasteiger partial charge is 0.481 e. The Morgan fingerprint density at radius 2 is 1.52 bits per heavy atom. The first kappa shape index (κ1) is 19.8. The minimum absolute atomic E-state index is 0.0954. The van der Waals surface area contributed by atoms with Crippen molar-refractivity contribution in [2.45, 2.75) is 0 Å². The standard InChI is InChI=1S/C21H19N3O5/c1-26-16-12-17(27-2)24-21(23-16)29-19(20(25)28-3)18(14-8-5-4-6-9-14)15-10-7-11-22-13-15/h4-13H,1-3H3/b19-18-. The van der Waals surface area contributed by atoms with E-state index in [4.69, 9.17) is 18.9 Å². The van der Waals surface area contributed by atoms with Gasteiger partial charge in [0, 0.05) is 23.5 Å². The molecule has 0 atom stereocenters. The van der Waals surface area contributed by atoms with Crippen molar-refractivity contribution in [3.63, 3.8) is 0 Å². The highest BCUT2D eigenvalue weighted by Crippen LogP contribution is 2.29. The molecular weight excluding hydrogens is 374 g/mol. The van der Waals surface area contributed by atoms with E-state index in [1.807, 2.05) is 36.4 Å². The SMILES string of the molecule is COC(=O)/C(Oc1nc(OC)cc(OC)n1)=C(\c1ccccc1)c1cccnc1. The number of pyridine rings is 1. The van der Waals surface area contributed by atoms with Crippen LogP contribution in [0, 0.1) is 0 Å². The van der Waals surface area contributed by atoms with Crippen molar-refractivity contribution in [2.75, 3.05) is 21.3 Å². The highest BCUT2D eigenvalue weighted by molar-refractivity contribution is 6.00. The molecule has 29 heavy (non-hydrogen) atoms. The van der Waals surface area contributed by atoms with E-state index in [2.05, 4.69) is 15.0 Å². The zero-order chi connectivity index (χ0) is 20.6. The van der Waals surface area contributed by atoms with Crippen LogP contribution in [0.3, 0.4) is 0 Å². The predicted molar refractivity (Wildman–Crippen MR) is 104 cm³/mol. The van der Waals surface area contributed by atoms with Gasteiger partial charge in [-0.25, -0.2) is 4.79 Å². The number of rotatable bonds is 7. The first-order valence-electron chi connectivity index (χ1n) is 8.59. The minimum atomic E-state index is -0.696. The van der Waals surface area contributed by atoms with Gasteiger partial charge in [-0.15, -0.1) is 0 Å². The van der Waals surface area contributed by atoms with Crippen molar-refractivity contribution >= 4 is 11.5 Å². The predicted octanol–water partition coefficient (Wildman–Crippen LogP) is 2.90. The summed E-state index contributed by atoms with van der Waals surface area (Å²) in [5.41, 5.74) is 1.88. The number of ether oxygens (including phenoxy) is 4. The van der Waals surface area contributed by atoms with Crippen LogP contribution in [0.4, 0.5) is 0 Å². The first-order valence-corrected chi connectivity index (χ1v) is 8.59. The third-order valence-corrected chi connectivity index (χ3v) is 3.88. The van der Waals surface area contributed by atoms with Crippen LogP contribution in [0.5, 0.6) is 17.8 Å². The van der Waals surface area contributed by atoms with Gasteiger partial charge < -0.3 is 18.9 Å². The molecule has 8 heteroatoms. The Labute approximate surface area is 167 Å². The van der Waals surface area contributed by atoms with E-state index in [9.17, 15) is 4.79 Å². The van der Waals surface area contributed by atoms with Crippen LogP contribution in [0.15, 0.2) is 66.7 Å². The summed E-state index contributed by atoms with van der Waals surface area (Å²) in [6.07, 6.45) is 3.27. The number of hydrogen-bond donors (Lipinski definition) is 0. The van der Waals surface area contributed by atoms with E-state index >= 15 is 0 Å². The zero-order valence-corrected chi connectivity index (χ0v) is 16.2. The topological polar surface area (TPSA) is 92.7 Å². The van der Waals surface area contributed by atoms with Crippen LogP contribution >= 0.6 is 0 Å². The number of aromatic nitrogens is 3. The molecule has 0 aliphatic heterocycles. The lowest BCUT2D eigenvalue weighted by Gasteiger charge is -2.15. The lowest BCUT2D eigenvalue weighted by atomic mass is 9.98. The Morgan fingerprint density at radius 3 is 2.07 bits per heavy atom. The molecule has 0 saturated carbocycles. The maximum atomic E-state index is 12.7. The van der Waals surface area contributed by atoms with E-state index in [1.165, 1.54) is 27.4 Å². The van der Waals surface area contributed by atoms with Crippen molar-refractivity contribution in [3.8, 4) is 17.8 Å². The van der Waals surface area contributed by atoms with Crippen LogP contribution in [-0.4, -0.2) is 42.3 Å². The fourth-order valence-corrected chi connectivity index (χ4v) is 2.56. The summed E-state index contributed by atoms with van der Waals surface area (Å²) in [4.78, 5) is 25.1. The number of methoxy groups -OCH3 is 3. The molecule has 0 saturated heterocycles. The minimum Gasteiger partial charge on any atom is -0.481 e. The van der Waals surface area contributed by atoms with Crippen LogP contribution in [0.2, 0.25) is 0 Å². The van der Waals surface area contributed by atoms with Gasteiger partial charge in [0.15, 0.2) is 0 Å². The molecule has 8 nitrogen and oxygen atoms in total. The molecule has 148 valence electrons. The smallest absolute Gasteiger partial charge is 0.374 e.